The van der Waals surface area contributed by atoms with E-state index in [1.807, 2.05) is 18.4 Å². The standard InChI is InChI=1S/C20H16FNO2S/c1-25-17-9-4-14(5-10-17)20(24)22-18-12-15(6-11-19(18)23)13-2-7-16(21)8-3-13/h2-12,23H,1H3,(H,22,24). The number of anilines is 1. The third kappa shape index (κ3) is 4.00. The SMILES string of the molecule is CSc1ccc(C(=O)Nc2cc(-c3ccc(F)cc3)ccc2O)cc1. The lowest BCUT2D eigenvalue weighted by atomic mass is 10.0. The number of carbonyl (C=O) groups excluding carboxylic acids is 1. The summed E-state index contributed by atoms with van der Waals surface area (Å²) in [6, 6.07) is 18.1. The summed E-state index contributed by atoms with van der Waals surface area (Å²) in [4.78, 5) is 13.4. The Bertz CT molecular complexity index is 893. The normalized spacial score (nSPS) is 10.5. The molecular formula is C20H16FNO2S. The van der Waals surface area contributed by atoms with Gasteiger partial charge in [0.2, 0.25) is 0 Å². The number of halogens is 1. The predicted octanol–water partition coefficient (Wildman–Crippen LogP) is 5.17. The van der Waals surface area contributed by atoms with Gasteiger partial charge in [-0.15, -0.1) is 11.8 Å². The fraction of sp³-hybridized carbons (Fsp3) is 0.0500. The highest BCUT2D eigenvalue weighted by Crippen LogP contribution is 2.30. The first kappa shape index (κ1) is 17.0. The van der Waals surface area contributed by atoms with Crippen LogP contribution in [0.3, 0.4) is 0 Å². The van der Waals surface area contributed by atoms with Gasteiger partial charge in [0, 0.05) is 10.5 Å². The number of hydrogen-bond acceptors (Lipinski definition) is 3. The molecule has 1 amide bonds. The smallest absolute Gasteiger partial charge is 0.255 e. The Labute approximate surface area is 149 Å². The lowest BCUT2D eigenvalue weighted by Crippen LogP contribution is -2.11. The van der Waals surface area contributed by atoms with Crippen LogP contribution < -0.4 is 5.32 Å². The van der Waals surface area contributed by atoms with E-state index in [0.717, 1.165) is 16.0 Å². The van der Waals surface area contributed by atoms with Gasteiger partial charge in [-0.2, -0.15) is 0 Å². The fourth-order valence-electron chi connectivity index (χ4n) is 2.39. The van der Waals surface area contributed by atoms with E-state index in [4.69, 9.17) is 0 Å². The van der Waals surface area contributed by atoms with Crippen molar-refractivity contribution in [3.63, 3.8) is 0 Å². The number of phenolic OH excluding ortho intramolecular Hbond substituents is 1. The first-order valence-corrected chi connectivity index (χ1v) is 8.83. The number of phenols is 1. The summed E-state index contributed by atoms with van der Waals surface area (Å²) in [6.45, 7) is 0. The molecule has 2 N–H and O–H groups in total. The Kier molecular flexibility index (Phi) is 5.05. The number of aromatic hydroxyl groups is 1. The number of rotatable bonds is 4. The molecule has 0 spiro atoms. The molecule has 0 bridgehead atoms. The second kappa shape index (κ2) is 7.40. The van der Waals surface area contributed by atoms with Crippen molar-refractivity contribution in [3.05, 3.63) is 78.1 Å². The minimum absolute atomic E-state index is 0.0278. The number of thioether (sulfide) groups is 1. The van der Waals surface area contributed by atoms with Gasteiger partial charge in [-0.3, -0.25) is 4.79 Å². The van der Waals surface area contributed by atoms with Crippen LogP contribution in [0.4, 0.5) is 10.1 Å². The molecule has 0 saturated carbocycles. The highest BCUT2D eigenvalue weighted by Gasteiger charge is 2.10. The molecule has 3 aromatic carbocycles. The zero-order chi connectivity index (χ0) is 17.8. The quantitative estimate of drug-likeness (QED) is 0.502. The third-order valence-electron chi connectivity index (χ3n) is 3.77. The van der Waals surface area contributed by atoms with E-state index in [9.17, 15) is 14.3 Å². The topological polar surface area (TPSA) is 49.3 Å². The molecule has 0 aliphatic rings. The molecule has 25 heavy (non-hydrogen) atoms. The Hall–Kier alpha value is -2.79. The van der Waals surface area contributed by atoms with Gasteiger partial charge in [0.1, 0.15) is 11.6 Å². The van der Waals surface area contributed by atoms with Crippen molar-refractivity contribution >= 4 is 23.4 Å². The van der Waals surface area contributed by atoms with Crippen molar-refractivity contribution in [2.45, 2.75) is 4.90 Å². The highest BCUT2D eigenvalue weighted by molar-refractivity contribution is 7.98. The second-order valence-corrected chi connectivity index (χ2v) is 6.30. The van der Waals surface area contributed by atoms with E-state index in [1.165, 1.54) is 18.2 Å². The lowest BCUT2D eigenvalue weighted by molar-refractivity contribution is 0.102. The molecule has 3 nitrogen and oxygen atoms in total. The summed E-state index contributed by atoms with van der Waals surface area (Å²) in [5.74, 6) is -0.649. The lowest BCUT2D eigenvalue weighted by Gasteiger charge is -2.10. The number of carbonyl (C=O) groups is 1. The summed E-state index contributed by atoms with van der Waals surface area (Å²) in [5, 5.41) is 12.7. The van der Waals surface area contributed by atoms with Crippen LogP contribution in [0.2, 0.25) is 0 Å². The summed E-state index contributed by atoms with van der Waals surface area (Å²) in [6.07, 6.45) is 1.97. The molecule has 0 atom stereocenters. The van der Waals surface area contributed by atoms with Crippen molar-refractivity contribution in [1.82, 2.24) is 0 Å². The molecular weight excluding hydrogens is 337 g/mol. The van der Waals surface area contributed by atoms with Gasteiger partial charge in [-0.1, -0.05) is 18.2 Å². The predicted molar refractivity (Wildman–Crippen MR) is 99.7 cm³/mol. The van der Waals surface area contributed by atoms with Crippen LogP contribution in [-0.4, -0.2) is 17.3 Å². The monoisotopic (exact) mass is 353 g/mol. The number of amides is 1. The Morgan fingerprint density at radius 1 is 0.960 bits per heavy atom. The molecule has 3 aromatic rings. The molecule has 0 heterocycles. The van der Waals surface area contributed by atoms with Crippen molar-refractivity contribution in [2.24, 2.45) is 0 Å². The van der Waals surface area contributed by atoms with Gasteiger partial charge in [0.15, 0.2) is 0 Å². The summed E-state index contributed by atoms with van der Waals surface area (Å²) < 4.78 is 13.1. The van der Waals surface area contributed by atoms with E-state index >= 15 is 0 Å². The molecule has 0 radical (unpaired) electrons. The van der Waals surface area contributed by atoms with E-state index in [2.05, 4.69) is 5.32 Å². The molecule has 3 rings (SSSR count). The van der Waals surface area contributed by atoms with Gasteiger partial charge < -0.3 is 10.4 Å². The molecule has 126 valence electrons. The maximum absolute atomic E-state index is 13.1. The van der Waals surface area contributed by atoms with Crippen LogP contribution >= 0.6 is 11.8 Å². The zero-order valence-electron chi connectivity index (χ0n) is 13.5. The summed E-state index contributed by atoms with van der Waals surface area (Å²) >= 11 is 1.60. The van der Waals surface area contributed by atoms with Crippen LogP contribution in [0.1, 0.15) is 10.4 Å². The first-order chi connectivity index (χ1) is 12.1. The minimum atomic E-state index is -0.315. The van der Waals surface area contributed by atoms with Crippen LogP contribution in [0.25, 0.3) is 11.1 Å². The van der Waals surface area contributed by atoms with Gasteiger partial charge in [-0.25, -0.2) is 4.39 Å². The van der Waals surface area contributed by atoms with Crippen LogP contribution in [0, 0.1) is 5.82 Å². The van der Waals surface area contributed by atoms with Crippen LogP contribution in [0.5, 0.6) is 5.75 Å². The summed E-state index contributed by atoms with van der Waals surface area (Å²) in [5.41, 5.74) is 2.37. The van der Waals surface area contributed by atoms with Crippen LogP contribution in [0.15, 0.2) is 71.6 Å². The number of hydrogen-bond donors (Lipinski definition) is 2. The van der Waals surface area contributed by atoms with E-state index in [0.29, 0.717) is 11.3 Å². The van der Waals surface area contributed by atoms with Gasteiger partial charge in [0.25, 0.3) is 5.91 Å². The van der Waals surface area contributed by atoms with E-state index in [1.54, 1.807) is 48.2 Å². The molecule has 0 unspecified atom stereocenters. The van der Waals surface area contributed by atoms with Crippen molar-refractivity contribution in [2.75, 3.05) is 11.6 Å². The largest absolute Gasteiger partial charge is 0.506 e. The molecule has 0 aromatic heterocycles. The number of benzene rings is 3. The Morgan fingerprint density at radius 2 is 1.60 bits per heavy atom. The van der Waals surface area contributed by atoms with Gasteiger partial charge in [-0.05, 0) is 65.9 Å². The zero-order valence-corrected chi connectivity index (χ0v) is 14.3. The van der Waals surface area contributed by atoms with Gasteiger partial charge >= 0.3 is 0 Å². The first-order valence-electron chi connectivity index (χ1n) is 7.61. The van der Waals surface area contributed by atoms with Crippen molar-refractivity contribution < 1.29 is 14.3 Å². The number of nitrogens with one attached hydrogen (secondary N) is 1. The maximum atomic E-state index is 13.1. The molecule has 0 aliphatic heterocycles. The summed E-state index contributed by atoms with van der Waals surface area (Å²) in [7, 11) is 0. The third-order valence-corrected chi connectivity index (χ3v) is 4.52. The molecule has 5 heteroatoms. The minimum Gasteiger partial charge on any atom is -0.506 e. The van der Waals surface area contributed by atoms with Crippen molar-refractivity contribution in [1.29, 1.82) is 0 Å². The highest BCUT2D eigenvalue weighted by atomic mass is 32.2. The maximum Gasteiger partial charge on any atom is 0.255 e. The fourth-order valence-corrected chi connectivity index (χ4v) is 2.80. The second-order valence-electron chi connectivity index (χ2n) is 5.42. The Morgan fingerprint density at radius 3 is 2.24 bits per heavy atom. The average molecular weight is 353 g/mol. The molecule has 0 fully saturated rings. The van der Waals surface area contributed by atoms with E-state index < -0.39 is 0 Å². The molecule has 0 aliphatic carbocycles. The Balaban J connectivity index is 1.84. The molecule has 0 saturated heterocycles. The average Bonchev–Trinajstić information content (AvgIpc) is 2.64. The van der Waals surface area contributed by atoms with Crippen molar-refractivity contribution in [3.8, 4) is 16.9 Å². The van der Waals surface area contributed by atoms with Crippen LogP contribution in [-0.2, 0) is 0 Å². The van der Waals surface area contributed by atoms with E-state index in [-0.39, 0.29) is 17.5 Å². The van der Waals surface area contributed by atoms with Gasteiger partial charge in [0.05, 0.1) is 5.69 Å².